The van der Waals surface area contributed by atoms with Crippen LogP contribution >= 0.6 is 11.3 Å². The lowest BCUT2D eigenvalue weighted by Crippen LogP contribution is -2.35. The van der Waals surface area contributed by atoms with Gasteiger partial charge in [0, 0.05) is 36.8 Å². The van der Waals surface area contributed by atoms with Crippen LogP contribution in [0, 0.1) is 0 Å². The quantitative estimate of drug-likeness (QED) is 0.842. The summed E-state index contributed by atoms with van der Waals surface area (Å²) in [5.74, 6) is 0.113. The van der Waals surface area contributed by atoms with Crippen LogP contribution in [-0.2, 0) is 12.6 Å². The Kier molecular flexibility index (Phi) is 4.96. The number of rotatable bonds is 4. The number of hydrogen-bond acceptors (Lipinski definition) is 4. The maximum atomic E-state index is 12.7. The zero-order valence-electron chi connectivity index (χ0n) is 12.6. The van der Waals surface area contributed by atoms with Gasteiger partial charge in [-0.1, -0.05) is 0 Å². The third-order valence-electron chi connectivity index (χ3n) is 4.13. The summed E-state index contributed by atoms with van der Waals surface area (Å²) in [6, 6.07) is 4.00. The summed E-state index contributed by atoms with van der Waals surface area (Å²) in [5, 5.41) is 1.75. The number of halogens is 3. The summed E-state index contributed by atoms with van der Waals surface area (Å²) >= 11 is 1.13. The van der Waals surface area contributed by atoms with E-state index in [1.54, 1.807) is 12.4 Å². The van der Waals surface area contributed by atoms with Gasteiger partial charge in [0.2, 0.25) is 0 Å². The van der Waals surface area contributed by atoms with Crippen molar-refractivity contribution < 1.29 is 13.2 Å². The highest BCUT2D eigenvalue weighted by atomic mass is 32.1. The van der Waals surface area contributed by atoms with Crippen LogP contribution in [0.3, 0.4) is 0 Å². The molecule has 7 heteroatoms. The van der Waals surface area contributed by atoms with Gasteiger partial charge in [0.1, 0.15) is 0 Å². The molecule has 3 rings (SSSR count). The number of aromatic nitrogens is 2. The van der Waals surface area contributed by atoms with E-state index in [0.717, 1.165) is 55.6 Å². The molecule has 0 aromatic carbocycles. The first-order chi connectivity index (χ1) is 11.0. The van der Waals surface area contributed by atoms with Crippen LogP contribution in [0.5, 0.6) is 0 Å². The van der Waals surface area contributed by atoms with Gasteiger partial charge in [-0.05, 0) is 43.5 Å². The molecule has 3 heterocycles. The molecule has 124 valence electrons. The molecule has 1 fully saturated rings. The predicted molar refractivity (Wildman–Crippen MR) is 83.5 cm³/mol. The molecule has 0 saturated carbocycles. The molecule has 0 bridgehead atoms. The summed E-state index contributed by atoms with van der Waals surface area (Å²) in [7, 11) is 0. The SMILES string of the molecule is FC(F)(F)c1csc([C@@H]2CCCN(CCc3ccncc3)C2)n1. The van der Waals surface area contributed by atoms with Crippen molar-refractivity contribution in [1.29, 1.82) is 0 Å². The Balaban J connectivity index is 1.59. The molecule has 0 unspecified atom stereocenters. The van der Waals surface area contributed by atoms with E-state index in [2.05, 4.69) is 14.9 Å². The summed E-state index contributed by atoms with van der Waals surface area (Å²) in [6.07, 6.45) is 2.06. The Morgan fingerprint density at radius 1 is 1.26 bits per heavy atom. The first-order valence-corrected chi connectivity index (χ1v) is 8.54. The third kappa shape index (κ3) is 4.29. The van der Waals surface area contributed by atoms with Gasteiger partial charge < -0.3 is 4.90 Å². The van der Waals surface area contributed by atoms with Crippen molar-refractivity contribution in [2.24, 2.45) is 0 Å². The van der Waals surface area contributed by atoms with E-state index in [1.165, 1.54) is 5.56 Å². The molecule has 1 atom stereocenters. The molecule has 1 aliphatic rings. The van der Waals surface area contributed by atoms with Crippen LogP contribution in [0.4, 0.5) is 13.2 Å². The average Bonchev–Trinajstić information content (AvgIpc) is 3.05. The fraction of sp³-hybridized carbons (Fsp3) is 0.500. The highest BCUT2D eigenvalue weighted by Gasteiger charge is 2.35. The highest BCUT2D eigenvalue weighted by Crippen LogP contribution is 2.34. The minimum absolute atomic E-state index is 0.113. The topological polar surface area (TPSA) is 29.0 Å². The summed E-state index contributed by atoms with van der Waals surface area (Å²) in [6.45, 7) is 2.70. The molecule has 0 radical (unpaired) electrons. The normalized spacial score (nSPS) is 19.9. The van der Waals surface area contributed by atoms with Gasteiger partial charge >= 0.3 is 6.18 Å². The Morgan fingerprint density at radius 2 is 2.04 bits per heavy atom. The van der Waals surface area contributed by atoms with Crippen LogP contribution in [0.15, 0.2) is 29.9 Å². The lowest BCUT2D eigenvalue weighted by Gasteiger charge is -2.31. The van der Waals surface area contributed by atoms with Crippen molar-refractivity contribution in [1.82, 2.24) is 14.9 Å². The van der Waals surface area contributed by atoms with Gasteiger partial charge in [-0.15, -0.1) is 11.3 Å². The number of hydrogen-bond donors (Lipinski definition) is 0. The van der Waals surface area contributed by atoms with Crippen molar-refractivity contribution >= 4 is 11.3 Å². The first kappa shape index (κ1) is 16.4. The van der Waals surface area contributed by atoms with Crippen LogP contribution < -0.4 is 0 Å². The Morgan fingerprint density at radius 3 is 2.74 bits per heavy atom. The number of thiazole rings is 1. The van der Waals surface area contributed by atoms with E-state index >= 15 is 0 Å². The van der Waals surface area contributed by atoms with Crippen molar-refractivity contribution in [3.63, 3.8) is 0 Å². The number of pyridine rings is 1. The molecule has 1 saturated heterocycles. The van der Waals surface area contributed by atoms with Gasteiger partial charge in [-0.2, -0.15) is 13.2 Å². The molecule has 0 amide bonds. The third-order valence-corrected chi connectivity index (χ3v) is 5.14. The molecule has 0 spiro atoms. The lowest BCUT2D eigenvalue weighted by atomic mass is 9.98. The van der Waals surface area contributed by atoms with Gasteiger partial charge in [0.15, 0.2) is 5.69 Å². The predicted octanol–water partition coefficient (Wildman–Crippen LogP) is 3.98. The number of alkyl halides is 3. The Labute approximate surface area is 137 Å². The van der Waals surface area contributed by atoms with Crippen LogP contribution in [-0.4, -0.2) is 34.5 Å². The van der Waals surface area contributed by atoms with Crippen LogP contribution in [0.2, 0.25) is 0 Å². The first-order valence-electron chi connectivity index (χ1n) is 7.66. The number of piperidine rings is 1. The van der Waals surface area contributed by atoms with Crippen molar-refractivity contribution in [3.8, 4) is 0 Å². The van der Waals surface area contributed by atoms with E-state index in [9.17, 15) is 13.2 Å². The molecule has 23 heavy (non-hydrogen) atoms. The molecule has 3 nitrogen and oxygen atoms in total. The second kappa shape index (κ2) is 6.97. The fourth-order valence-corrected chi connectivity index (χ4v) is 3.86. The molecule has 1 aliphatic heterocycles. The molecule has 2 aromatic heterocycles. The zero-order valence-corrected chi connectivity index (χ0v) is 13.4. The summed E-state index contributed by atoms with van der Waals surface area (Å²) in [4.78, 5) is 10.1. The second-order valence-electron chi connectivity index (χ2n) is 5.81. The second-order valence-corrected chi connectivity index (χ2v) is 6.70. The molecule has 2 aromatic rings. The molecule has 0 aliphatic carbocycles. The monoisotopic (exact) mass is 341 g/mol. The lowest BCUT2D eigenvalue weighted by molar-refractivity contribution is -0.140. The number of likely N-dealkylation sites (tertiary alicyclic amines) is 1. The fourth-order valence-electron chi connectivity index (χ4n) is 2.90. The van der Waals surface area contributed by atoms with Crippen molar-refractivity contribution in [2.75, 3.05) is 19.6 Å². The van der Waals surface area contributed by atoms with Gasteiger partial charge in [-0.25, -0.2) is 4.98 Å². The summed E-state index contributed by atoms with van der Waals surface area (Å²) < 4.78 is 38.0. The number of nitrogens with zero attached hydrogens (tertiary/aromatic N) is 3. The van der Waals surface area contributed by atoms with Gasteiger partial charge in [-0.3, -0.25) is 4.98 Å². The molecule has 0 N–H and O–H groups in total. The van der Waals surface area contributed by atoms with Crippen molar-refractivity contribution in [3.05, 3.63) is 46.2 Å². The minimum Gasteiger partial charge on any atom is -0.302 e. The standard InChI is InChI=1S/C16H18F3N3S/c17-16(18,19)14-11-23-15(21-14)13-2-1-8-22(10-13)9-5-12-3-6-20-7-4-12/h3-4,6-7,11,13H,1-2,5,8-10H2/t13-/m1/s1. The minimum atomic E-state index is -4.34. The molecular weight excluding hydrogens is 323 g/mol. The summed E-state index contributed by atoms with van der Waals surface area (Å²) in [5.41, 5.74) is 0.474. The van der Waals surface area contributed by atoms with E-state index in [4.69, 9.17) is 0 Å². The van der Waals surface area contributed by atoms with E-state index in [-0.39, 0.29) is 5.92 Å². The van der Waals surface area contributed by atoms with E-state index in [1.807, 2.05) is 12.1 Å². The smallest absolute Gasteiger partial charge is 0.302 e. The highest BCUT2D eigenvalue weighted by molar-refractivity contribution is 7.09. The Bertz CT molecular complexity index is 627. The maximum Gasteiger partial charge on any atom is 0.434 e. The van der Waals surface area contributed by atoms with Gasteiger partial charge in [0.05, 0.1) is 5.01 Å². The molecular formula is C16H18F3N3S. The van der Waals surface area contributed by atoms with Crippen LogP contribution in [0.25, 0.3) is 0 Å². The van der Waals surface area contributed by atoms with Gasteiger partial charge in [0.25, 0.3) is 0 Å². The Hall–Kier alpha value is -1.47. The average molecular weight is 341 g/mol. The zero-order chi connectivity index (χ0) is 16.3. The maximum absolute atomic E-state index is 12.7. The largest absolute Gasteiger partial charge is 0.434 e. The van der Waals surface area contributed by atoms with E-state index in [0.29, 0.717) is 5.01 Å². The van der Waals surface area contributed by atoms with Crippen LogP contribution in [0.1, 0.15) is 35.0 Å². The van der Waals surface area contributed by atoms with E-state index < -0.39 is 11.9 Å². The van der Waals surface area contributed by atoms with Crippen molar-refractivity contribution in [2.45, 2.75) is 31.4 Å².